The molecule has 1 aromatic heterocycles. The van der Waals surface area contributed by atoms with Crippen molar-refractivity contribution in [2.24, 2.45) is 5.73 Å². The summed E-state index contributed by atoms with van der Waals surface area (Å²) in [4.78, 5) is 2.54. The van der Waals surface area contributed by atoms with Gasteiger partial charge in [0.05, 0.1) is 11.7 Å². The van der Waals surface area contributed by atoms with Crippen molar-refractivity contribution in [2.75, 3.05) is 13.1 Å². The second-order valence-electron chi connectivity index (χ2n) is 6.92. The maximum atomic E-state index is 6.52. The molecule has 1 fully saturated rings. The Balaban J connectivity index is 2.00. The lowest BCUT2D eigenvalue weighted by Gasteiger charge is -2.40. The minimum atomic E-state index is 0.0508. The molecular formula is C17H32N4. The maximum absolute atomic E-state index is 6.52. The molecule has 1 unspecified atom stereocenters. The van der Waals surface area contributed by atoms with Gasteiger partial charge in [-0.05, 0) is 58.7 Å². The smallest absolute Gasteiger partial charge is 0.0640 e. The highest BCUT2D eigenvalue weighted by Crippen LogP contribution is 2.25. The summed E-state index contributed by atoms with van der Waals surface area (Å²) in [5, 5.41) is 4.75. The molecule has 0 aromatic carbocycles. The Morgan fingerprint density at radius 3 is 2.43 bits per heavy atom. The van der Waals surface area contributed by atoms with Crippen LogP contribution in [0.1, 0.15) is 65.1 Å². The molecule has 0 amide bonds. The normalized spacial score (nSPS) is 18.6. The SMILES string of the molecule is CCC(CC)n1ccc(CC(N)C(C)(C)N2CCCC2)n1. The number of rotatable bonds is 7. The summed E-state index contributed by atoms with van der Waals surface area (Å²) in [6.45, 7) is 11.4. The van der Waals surface area contributed by atoms with E-state index < -0.39 is 0 Å². The van der Waals surface area contributed by atoms with Gasteiger partial charge in [0, 0.05) is 24.2 Å². The third-order valence-electron chi connectivity index (χ3n) is 5.24. The molecule has 2 rings (SSSR count). The fraction of sp³-hybridized carbons (Fsp3) is 0.824. The van der Waals surface area contributed by atoms with E-state index in [2.05, 4.69) is 49.5 Å². The monoisotopic (exact) mass is 292 g/mol. The van der Waals surface area contributed by atoms with Gasteiger partial charge >= 0.3 is 0 Å². The molecule has 2 N–H and O–H groups in total. The van der Waals surface area contributed by atoms with Gasteiger partial charge in [-0.2, -0.15) is 5.10 Å². The molecule has 1 saturated heterocycles. The zero-order valence-corrected chi connectivity index (χ0v) is 14.2. The number of aromatic nitrogens is 2. The van der Waals surface area contributed by atoms with E-state index in [4.69, 9.17) is 10.8 Å². The molecule has 0 bridgehead atoms. The predicted octanol–water partition coefficient (Wildman–Crippen LogP) is 2.99. The van der Waals surface area contributed by atoms with Crippen LogP contribution in [0.2, 0.25) is 0 Å². The highest BCUT2D eigenvalue weighted by molar-refractivity contribution is 5.06. The fourth-order valence-corrected chi connectivity index (χ4v) is 3.36. The molecule has 120 valence electrons. The summed E-state index contributed by atoms with van der Waals surface area (Å²) in [6.07, 6.45) is 7.84. The second-order valence-corrected chi connectivity index (χ2v) is 6.92. The Morgan fingerprint density at radius 2 is 1.86 bits per heavy atom. The minimum Gasteiger partial charge on any atom is -0.326 e. The van der Waals surface area contributed by atoms with Crippen LogP contribution >= 0.6 is 0 Å². The molecule has 1 atom stereocenters. The zero-order valence-electron chi connectivity index (χ0n) is 14.2. The fourth-order valence-electron chi connectivity index (χ4n) is 3.36. The van der Waals surface area contributed by atoms with Gasteiger partial charge in [-0.25, -0.2) is 0 Å². The summed E-state index contributed by atoms with van der Waals surface area (Å²) < 4.78 is 2.12. The van der Waals surface area contributed by atoms with E-state index >= 15 is 0 Å². The van der Waals surface area contributed by atoms with Crippen LogP contribution in [0.3, 0.4) is 0 Å². The number of hydrogen-bond acceptors (Lipinski definition) is 3. The Morgan fingerprint density at radius 1 is 1.24 bits per heavy atom. The summed E-state index contributed by atoms with van der Waals surface area (Å²) in [6, 6.07) is 2.78. The third kappa shape index (κ3) is 3.67. The lowest BCUT2D eigenvalue weighted by Crippen LogP contribution is -2.56. The van der Waals surface area contributed by atoms with Gasteiger partial charge in [0.2, 0.25) is 0 Å². The summed E-state index contributed by atoms with van der Waals surface area (Å²) in [5.41, 5.74) is 7.70. The van der Waals surface area contributed by atoms with Gasteiger partial charge in [-0.1, -0.05) is 13.8 Å². The van der Waals surface area contributed by atoms with Crippen molar-refractivity contribution >= 4 is 0 Å². The van der Waals surface area contributed by atoms with Crippen molar-refractivity contribution < 1.29 is 0 Å². The minimum absolute atomic E-state index is 0.0508. The van der Waals surface area contributed by atoms with E-state index in [1.807, 2.05) is 0 Å². The van der Waals surface area contributed by atoms with Crippen LogP contribution in [0, 0.1) is 0 Å². The van der Waals surface area contributed by atoms with Crippen LogP contribution in [-0.4, -0.2) is 39.4 Å². The predicted molar refractivity (Wildman–Crippen MR) is 88.4 cm³/mol. The van der Waals surface area contributed by atoms with Gasteiger partial charge in [0.1, 0.15) is 0 Å². The van der Waals surface area contributed by atoms with Gasteiger partial charge in [0.25, 0.3) is 0 Å². The average Bonchev–Trinajstić information content (AvgIpc) is 3.11. The number of likely N-dealkylation sites (tertiary alicyclic amines) is 1. The van der Waals surface area contributed by atoms with Crippen molar-refractivity contribution in [3.63, 3.8) is 0 Å². The van der Waals surface area contributed by atoms with Crippen LogP contribution in [-0.2, 0) is 6.42 Å². The third-order valence-corrected chi connectivity index (χ3v) is 5.24. The van der Waals surface area contributed by atoms with Crippen molar-refractivity contribution in [3.05, 3.63) is 18.0 Å². The van der Waals surface area contributed by atoms with E-state index in [9.17, 15) is 0 Å². The van der Waals surface area contributed by atoms with Crippen molar-refractivity contribution in [1.82, 2.24) is 14.7 Å². The molecule has 0 saturated carbocycles. The molecule has 1 aliphatic rings. The summed E-state index contributed by atoms with van der Waals surface area (Å²) in [7, 11) is 0. The van der Waals surface area contributed by atoms with Crippen molar-refractivity contribution in [2.45, 2.75) is 77.4 Å². The van der Waals surface area contributed by atoms with Gasteiger partial charge in [-0.15, -0.1) is 0 Å². The van der Waals surface area contributed by atoms with Crippen LogP contribution in [0.4, 0.5) is 0 Å². The average molecular weight is 292 g/mol. The molecule has 2 heterocycles. The Kier molecular flexibility index (Phi) is 5.44. The van der Waals surface area contributed by atoms with E-state index in [0.717, 1.165) is 25.0 Å². The molecule has 0 spiro atoms. The molecular weight excluding hydrogens is 260 g/mol. The highest BCUT2D eigenvalue weighted by Gasteiger charge is 2.34. The lowest BCUT2D eigenvalue weighted by molar-refractivity contribution is 0.123. The van der Waals surface area contributed by atoms with Crippen LogP contribution in [0.5, 0.6) is 0 Å². The van der Waals surface area contributed by atoms with E-state index in [0.29, 0.717) is 6.04 Å². The summed E-state index contributed by atoms with van der Waals surface area (Å²) in [5.74, 6) is 0. The van der Waals surface area contributed by atoms with Crippen LogP contribution in [0.25, 0.3) is 0 Å². The first-order valence-corrected chi connectivity index (χ1v) is 8.53. The molecule has 0 aliphatic carbocycles. The number of hydrogen-bond donors (Lipinski definition) is 1. The first kappa shape index (κ1) is 16.5. The highest BCUT2D eigenvalue weighted by atomic mass is 15.3. The van der Waals surface area contributed by atoms with E-state index in [1.54, 1.807) is 0 Å². The first-order chi connectivity index (χ1) is 9.98. The van der Waals surface area contributed by atoms with Crippen LogP contribution < -0.4 is 5.73 Å². The van der Waals surface area contributed by atoms with E-state index in [-0.39, 0.29) is 11.6 Å². The lowest BCUT2D eigenvalue weighted by atomic mass is 9.90. The quantitative estimate of drug-likeness (QED) is 0.840. The number of nitrogens with two attached hydrogens (primary N) is 1. The van der Waals surface area contributed by atoms with Gasteiger partial charge < -0.3 is 5.73 Å². The van der Waals surface area contributed by atoms with Crippen LogP contribution in [0.15, 0.2) is 12.3 Å². The molecule has 4 heteroatoms. The van der Waals surface area contributed by atoms with E-state index in [1.165, 1.54) is 25.9 Å². The second kappa shape index (κ2) is 6.93. The summed E-state index contributed by atoms with van der Waals surface area (Å²) >= 11 is 0. The number of nitrogens with zero attached hydrogens (tertiary/aromatic N) is 3. The van der Waals surface area contributed by atoms with Crippen molar-refractivity contribution in [1.29, 1.82) is 0 Å². The Labute approximate surface area is 129 Å². The van der Waals surface area contributed by atoms with Gasteiger partial charge in [-0.3, -0.25) is 9.58 Å². The topological polar surface area (TPSA) is 47.1 Å². The molecule has 0 radical (unpaired) electrons. The van der Waals surface area contributed by atoms with Crippen molar-refractivity contribution in [3.8, 4) is 0 Å². The Bertz CT molecular complexity index is 428. The van der Waals surface area contributed by atoms with Gasteiger partial charge in [0.15, 0.2) is 0 Å². The first-order valence-electron chi connectivity index (χ1n) is 8.53. The molecule has 21 heavy (non-hydrogen) atoms. The Hall–Kier alpha value is -0.870. The maximum Gasteiger partial charge on any atom is 0.0640 e. The zero-order chi connectivity index (χ0) is 15.5. The standard InChI is InChI=1S/C17H32N4/c1-5-15(6-2)21-12-9-14(19-21)13-16(18)17(3,4)20-10-7-8-11-20/h9,12,15-16H,5-8,10-11,13,18H2,1-4H3. The largest absolute Gasteiger partial charge is 0.326 e. The molecule has 4 nitrogen and oxygen atoms in total. The molecule has 1 aliphatic heterocycles. The molecule has 1 aromatic rings.